The third-order valence-corrected chi connectivity index (χ3v) is 4.25. The van der Waals surface area contributed by atoms with Gasteiger partial charge in [0.05, 0.1) is 0 Å². The van der Waals surface area contributed by atoms with E-state index in [1.807, 2.05) is 11.0 Å². The standard InChI is InChI=1S/C18H28N2O/c1-5-15-6-7-16(13-17(15)12-14(2)3)18(21)20-10-8-19(4)9-11-20/h6-7,13-14H,5,8-12H2,1-4H3. The summed E-state index contributed by atoms with van der Waals surface area (Å²) in [5.41, 5.74) is 3.57. The fourth-order valence-corrected chi connectivity index (χ4v) is 2.93. The number of likely N-dealkylation sites (N-methyl/N-ethyl adjacent to an activating group) is 1. The molecule has 0 unspecified atom stereocenters. The zero-order valence-corrected chi connectivity index (χ0v) is 13.9. The van der Waals surface area contributed by atoms with E-state index in [1.165, 1.54) is 11.1 Å². The Kier molecular flexibility index (Phi) is 5.40. The minimum Gasteiger partial charge on any atom is -0.336 e. The minimum absolute atomic E-state index is 0.191. The molecule has 0 radical (unpaired) electrons. The van der Waals surface area contributed by atoms with Crippen LogP contribution in [0.5, 0.6) is 0 Å². The van der Waals surface area contributed by atoms with Crippen molar-refractivity contribution in [3.05, 3.63) is 34.9 Å². The number of nitrogens with zero attached hydrogens (tertiary/aromatic N) is 2. The summed E-state index contributed by atoms with van der Waals surface area (Å²) in [6, 6.07) is 6.27. The zero-order chi connectivity index (χ0) is 15.4. The number of hydrogen-bond donors (Lipinski definition) is 0. The molecule has 1 aliphatic heterocycles. The van der Waals surface area contributed by atoms with Crippen LogP contribution in [-0.2, 0) is 12.8 Å². The molecule has 1 saturated heterocycles. The van der Waals surface area contributed by atoms with Gasteiger partial charge in [0.2, 0.25) is 0 Å². The van der Waals surface area contributed by atoms with Gasteiger partial charge < -0.3 is 9.80 Å². The molecule has 1 heterocycles. The summed E-state index contributed by atoms with van der Waals surface area (Å²) in [5.74, 6) is 0.806. The lowest BCUT2D eigenvalue weighted by atomic mass is 9.94. The van der Waals surface area contributed by atoms with Crippen LogP contribution >= 0.6 is 0 Å². The van der Waals surface area contributed by atoms with Crippen molar-refractivity contribution in [2.24, 2.45) is 5.92 Å². The van der Waals surface area contributed by atoms with Gasteiger partial charge in [-0.1, -0.05) is 26.8 Å². The second-order valence-corrected chi connectivity index (χ2v) is 6.53. The SMILES string of the molecule is CCc1ccc(C(=O)N2CCN(C)CC2)cc1CC(C)C. The van der Waals surface area contributed by atoms with Crippen LogP contribution in [0.3, 0.4) is 0 Å². The lowest BCUT2D eigenvalue weighted by Gasteiger charge is -2.32. The summed E-state index contributed by atoms with van der Waals surface area (Å²) in [7, 11) is 2.11. The lowest BCUT2D eigenvalue weighted by molar-refractivity contribution is 0.0664. The van der Waals surface area contributed by atoms with Gasteiger partial charge in [-0.3, -0.25) is 4.79 Å². The highest BCUT2D eigenvalue weighted by atomic mass is 16.2. The fourth-order valence-electron chi connectivity index (χ4n) is 2.93. The van der Waals surface area contributed by atoms with Crippen molar-refractivity contribution >= 4 is 5.91 Å². The molecule has 0 aromatic heterocycles. The Morgan fingerprint density at radius 2 is 1.81 bits per heavy atom. The maximum Gasteiger partial charge on any atom is 0.253 e. The number of hydrogen-bond acceptors (Lipinski definition) is 2. The molecular weight excluding hydrogens is 260 g/mol. The minimum atomic E-state index is 0.191. The molecule has 0 bridgehead atoms. The molecule has 116 valence electrons. The number of carbonyl (C=O) groups excluding carboxylic acids is 1. The Bertz CT molecular complexity index is 488. The summed E-state index contributed by atoms with van der Waals surface area (Å²) in [6.07, 6.45) is 2.08. The van der Waals surface area contributed by atoms with Crippen LogP contribution in [0.25, 0.3) is 0 Å². The van der Waals surface area contributed by atoms with Crippen molar-refractivity contribution < 1.29 is 4.79 Å². The molecule has 0 atom stereocenters. The first kappa shape index (κ1) is 16.0. The van der Waals surface area contributed by atoms with Crippen molar-refractivity contribution in [1.29, 1.82) is 0 Å². The first-order chi connectivity index (χ1) is 10.0. The molecule has 1 aliphatic rings. The zero-order valence-electron chi connectivity index (χ0n) is 13.9. The molecule has 1 aromatic carbocycles. The number of carbonyl (C=O) groups is 1. The molecule has 2 rings (SSSR count). The normalized spacial score (nSPS) is 16.5. The lowest BCUT2D eigenvalue weighted by Crippen LogP contribution is -2.47. The molecule has 0 saturated carbocycles. The predicted octanol–water partition coefficient (Wildman–Crippen LogP) is 2.84. The average Bonchev–Trinajstić information content (AvgIpc) is 2.46. The number of benzene rings is 1. The van der Waals surface area contributed by atoms with E-state index in [2.05, 4.69) is 44.9 Å². The van der Waals surface area contributed by atoms with Crippen LogP contribution in [0.4, 0.5) is 0 Å². The smallest absolute Gasteiger partial charge is 0.253 e. The molecule has 3 nitrogen and oxygen atoms in total. The van der Waals surface area contributed by atoms with Crippen LogP contribution < -0.4 is 0 Å². The van der Waals surface area contributed by atoms with Gasteiger partial charge in [-0.25, -0.2) is 0 Å². The Morgan fingerprint density at radius 3 is 2.38 bits per heavy atom. The molecule has 0 N–H and O–H groups in total. The van der Waals surface area contributed by atoms with E-state index in [9.17, 15) is 4.79 Å². The summed E-state index contributed by atoms with van der Waals surface area (Å²) < 4.78 is 0. The highest BCUT2D eigenvalue weighted by Gasteiger charge is 2.21. The van der Waals surface area contributed by atoms with Crippen molar-refractivity contribution in [2.45, 2.75) is 33.6 Å². The van der Waals surface area contributed by atoms with E-state index < -0.39 is 0 Å². The van der Waals surface area contributed by atoms with Gasteiger partial charge in [-0.2, -0.15) is 0 Å². The molecule has 0 aliphatic carbocycles. The molecule has 21 heavy (non-hydrogen) atoms. The number of piperazine rings is 1. The first-order valence-corrected chi connectivity index (χ1v) is 8.11. The van der Waals surface area contributed by atoms with Gasteiger partial charge in [0.15, 0.2) is 0 Å². The average molecular weight is 288 g/mol. The Morgan fingerprint density at radius 1 is 1.14 bits per heavy atom. The number of amides is 1. The van der Waals surface area contributed by atoms with Gasteiger partial charge in [0.25, 0.3) is 5.91 Å². The van der Waals surface area contributed by atoms with E-state index in [4.69, 9.17) is 0 Å². The van der Waals surface area contributed by atoms with Crippen LogP contribution in [0.15, 0.2) is 18.2 Å². The summed E-state index contributed by atoms with van der Waals surface area (Å²) in [4.78, 5) is 16.9. The molecule has 1 fully saturated rings. The highest BCUT2D eigenvalue weighted by molar-refractivity contribution is 5.94. The van der Waals surface area contributed by atoms with E-state index in [0.29, 0.717) is 5.92 Å². The quantitative estimate of drug-likeness (QED) is 0.850. The van der Waals surface area contributed by atoms with Gasteiger partial charge in [-0.15, -0.1) is 0 Å². The topological polar surface area (TPSA) is 23.6 Å². The van der Waals surface area contributed by atoms with E-state index in [0.717, 1.165) is 44.6 Å². The van der Waals surface area contributed by atoms with Crippen molar-refractivity contribution in [3.63, 3.8) is 0 Å². The monoisotopic (exact) mass is 288 g/mol. The molecular formula is C18H28N2O. The van der Waals surface area contributed by atoms with Crippen molar-refractivity contribution in [3.8, 4) is 0 Å². The predicted molar refractivity (Wildman–Crippen MR) is 87.8 cm³/mol. The third-order valence-electron chi connectivity index (χ3n) is 4.25. The summed E-state index contributed by atoms with van der Waals surface area (Å²) >= 11 is 0. The summed E-state index contributed by atoms with van der Waals surface area (Å²) in [6.45, 7) is 10.3. The number of rotatable bonds is 4. The highest BCUT2D eigenvalue weighted by Crippen LogP contribution is 2.18. The van der Waals surface area contributed by atoms with E-state index in [-0.39, 0.29) is 5.91 Å². The molecule has 1 aromatic rings. The largest absolute Gasteiger partial charge is 0.336 e. The van der Waals surface area contributed by atoms with Crippen LogP contribution in [0.1, 0.15) is 42.3 Å². The van der Waals surface area contributed by atoms with Gasteiger partial charge >= 0.3 is 0 Å². The third kappa shape index (κ3) is 4.07. The van der Waals surface area contributed by atoms with Gasteiger partial charge in [0, 0.05) is 31.7 Å². The Hall–Kier alpha value is -1.35. The Balaban J connectivity index is 2.17. The second kappa shape index (κ2) is 7.08. The van der Waals surface area contributed by atoms with Crippen LogP contribution in [0, 0.1) is 5.92 Å². The van der Waals surface area contributed by atoms with Gasteiger partial charge in [0.1, 0.15) is 0 Å². The molecule has 1 amide bonds. The van der Waals surface area contributed by atoms with Crippen LogP contribution in [-0.4, -0.2) is 48.9 Å². The molecule has 0 spiro atoms. The maximum atomic E-state index is 12.7. The van der Waals surface area contributed by atoms with Crippen molar-refractivity contribution in [2.75, 3.05) is 33.2 Å². The Labute approximate surface area is 128 Å². The number of aryl methyl sites for hydroxylation is 1. The van der Waals surface area contributed by atoms with E-state index in [1.54, 1.807) is 0 Å². The van der Waals surface area contributed by atoms with Gasteiger partial charge in [-0.05, 0) is 49.1 Å². The van der Waals surface area contributed by atoms with Crippen LogP contribution in [0.2, 0.25) is 0 Å². The first-order valence-electron chi connectivity index (χ1n) is 8.11. The molecule has 3 heteroatoms. The maximum absolute atomic E-state index is 12.7. The fraction of sp³-hybridized carbons (Fsp3) is 0.611. The van der Waals surface area contributed by atoms with Crippen molar-refractivity contribution in [1.82, 2.24) is 9.80 Å². The van der Waals surface area contributed by atoms with E-state index >= 15 is 0 Å². The summed E-state index contributed by atoms with van der Waals surface area (Å²) in [5, 5.41) is 0. The second-order valence-electron chi connectivity index (χ2n) is 6.53.